The largest absolute Gasteiger partial charge is 0.296 e. The van der Waals surface area contributed by atoms with Crippen LogP contribution in [0.2, 0.25) is 0 Å². The van der Waals surface area contributed by atoms with E-state index in [1.807, 2.05) is 0 Å². The highest BCUT2D eigenvalue weighted by Crippen LogP contribution is 2.10. The first-order chi connectivity index (χ1) is 4.62. The minimum Gasteiger partial charge on any atom is -0.296 e. The van der Waals surface area contributed by atoms with Crippen molar-refractivity contribution in [3.05, 3.63) is 0 Å². The van der Waals surface area contributed by atoms with E-state index in [-0.39, 0.29) is 5.60 Å². The number of rotatable bonds is 5. The molecule has 0 aliphatic heterocycles. The zero-order valence-corrected chi connectivity index (χ0v) is 7.53. The Balaban J connectivity index is 3.28. The minimum absolute atomic E-state index is 0.0187. The van der Waals surface area contributed by atoms with E-state index in [2.05, 4.69) is 33.2 Å². The molecule has 0 heterocycles. The summed E-state index contributed by atoms with van der Waals surface area (Å²) in [6.07, 6.45) is 2.14. The highest BCUT2D eigenvalue weighted by Gasteiger charge is 2.14. The van der Waals surface area contributed by atoms with Crippen molar-refractivity contribution in [3.8, 4) is 0 Å². The van der Waals surface area contributed by atoms with E-state index >= 15 is 0 Å². The highest BCUT2D eigenvalue weighted by atomic mass is 16.7. The summed E-state index contributed by atoms with van der Waals surface area (Å²) >= 11 is 0. The molecule has 0 atom stereocenters. The summed E-state index contributed by atoms with van der Waals surface area (Å²) in [6, 6.07) is 0. The lowest BCUT2D eigenvalue weighted by Gasteiger charge is -2.22. The van der Waals surface area contributed by atoms with Crippen LogP contribution in [-0.4, -0.2) is 12.1 Å². The van der Waals surface area contributed by atoms with Gasteiger partial charge in [-0.15, -0.1) is 0 Å². The predicted octanol–water partition coefficient (Wildman–Crippen LogP) is 2.11. The van der Waals surface area contributed by atoms with Crippen LogP contribution in [-0.2, 0) is 4.84 Å². The van der Waals surface area contributed by atoms with Gasteiger partial charge in [-0.3, -0.25) is 4.84 Å². The molecule has 1 N–H and O–H groups in total. The van der Waals surface area contributed by atoms with E-state index < -0.39 is 0 Å². The van der Waals surface area contributed by atoms with Crippen LogP contribution in [0.25, 0.3) is 0 Å². The van der Waals surface area contributed by atoms with Crippen molar-refractivity contribution in [2.75, 3.05) is 6.54 Å². The normalized spacial score (nSPS) is 12.0. The van der Waals surface area contributed by atoms with Crippen LogP contribution in [0.4, 0.5) is 0 Å². The highest BCUT2D eigenvalue weighted by molar-refractivity contribution is 4.63. The standard InChI is InChI=1S/C8H19NO/c1-5-7-9-10-8(3,4)6-2/h9H,5-7H2,1-4H3. The molecule has 0 bridgehead atoms. The molecular formula is C8H19NO. The number of nitrogens with one attached hydrogen (secondary N) is 1. The second-order valence-electron chi connectivity index (χ2n) is 3.11. The smallest absolute Gasteiger partial charge is 0.0838 e. The van der Waals surface area contributed by atoms with Gasteiger partial charge in [0.05, 0.1) is 5.60 Å². The molecule has 0 fully saturated rings. The van der Waals surface area contributed by atoms with E-state index in [1.54, 1.807) is 0 Å². The molecule has 0 radical (unpaired) electrons. The first kappa shape index (κ1) is 9.92. The quantitative estimate of drug-likeness (QED) is 0.472. The van der Waals surface area contributed by atoms with Gasteiger partial charge in [0, 0.05) is 6.54 Å². The van der Waals surface area contributed by atoms with Crippen LogP contribution >= 0.6 is 0 Å². The summed E-state index contributed by atoms with van der Waals surface area (Å²) in [5.74, 6) is 0. The van der Waals surface area contributed by atoms with Crippen molar-refractivity contribution < 1.29 is 4.84 Å². The SMILES string of the molecule is CCCNOC(C)(C)CC. The Hall–Kier alpha value is -0.0800. The molecule has 0 aromatic rings. The summed E-state index contributed by atoms with van der Waals surface area (Å²) in [5.41, 5.74) is 2.91. The van der Waals surface area contributed by atoms with Gasteiger partial charge in [0.15, 0.2) is 0 Å². The molecule has 0 saturated heterocycles. The van der Waals surface area contributed by atoms with E-state index in [0.717, 1.165) is 19.4 Å². The molecule has 10 heavy (non-hydrogen) atoms. The monoisotopic (exact) mass is 145 g/mol. The molecule has 0 aliphatic rings. The Labute approximate surface area is 63.9 Å². The minimum atomic E-state index is -0.0187. The van der Waals surface area contributed by atoms with E-state index in [0.29, 0.717) is 0 Å². The third-order valence-corrected chi connectivity index (χ3v) is 1.55. The number of hydrogen-bond donors (Lipinski definition) is 1. The molecule has 0 amide bonds. The maximum absolute atomic E-state index is 5.37. The van der Waals surface area contributed by atoms with Gasteiger partial charge in [0.25, 0.3) is 0 Å². The lowest BCUT2D eigenvalue weighted by atomic mass is 10.1. The third-order valence-electron chi connectivity index (χ3n) is 1.55. The number of hydrogen-bond acceptors (Lipinski definition) is 2. The summed E-state index contributed by atoms with van der Waals surface area (Å²) in [5, 5.41) is 0. The van der Waals surface area contributed by atoms with Crippen LogP contribution in [0.15, 0.2) is 0 Å². The van der Waals surface area contributed by atoms with E-state index in [9.17, 15) is 0 Å². The van der Waals surface area contributed by atoms with Crippen molar-refractivity contribution in [2.24, 2.45) is 0 Å². The van der Waals surface area contributed by atoms with Crippen LogP contribution in [0, 0.1) is 0 Å². The predicted molar refractivity (Wildman–Crippen MR) is 43.7 cm³/mol. The summed E-state index contributed by atoms with van der Waals surface area (Å²) in [6.45, 7) is 9.33. The molecule has 0 spiro atoms. The molecule has 2 nitrogen and oxygen atoms in total. The molecule has 0 aromatic heterocycles. The third kappa shape index (κ3) is 4.77. The summed E-state index contributed by atoms with van der Waals surface area (Å²) in [7, 11) is 0. The van der Waals surface area contributed by atoms with Gasteiger partial charge >= 0.3 is 0 Å². The molecule has 0 rings (SSSR count). The van der Waals surface area contributed by atoms with Gasteiger partial charge < -0.3 is 0 Å². The molecule has 0 aromatic carbocycles. The van der Waals surface area contributed by atoms with Gasteiger partial charge in [0.1, 0.15) is 0 Å². The average molecular weight is 145 g/mol. The van der Waals surface area contributed by atoms with Gasteiger partial charge in [-0.1, -0.05) is 13.8 Å². The Bertz CT molecular complexity index is 81.3. The van der Waals surface area contributed by atoms with Crippen molar-refractivity contribution >= 4 is 0 Å². The summed E-state index contributed by atoms with van der Waals surface area (Å²) in [4.78, 5) is 5.37. The van der Waals surface area contributed by atoms with Gasteiger partial charge in [-0.25, -0.2) is 5.48 Å². The Morgan fingerprint density at radius 3 is 2.30 bits per heavy atom. The first-order valence-corrected chi connectivity index (χ1v) is 4.03. The van der Waals surface area contributed by atoms with Gasteiger partial charge in [-0.2, -0.15) is 0 Å². The topological polar surface area (TPSA) is 21.3 Å². The zero-order chi connectivity index (χ0) is 8.04. The zero-order valence-electron chi connectivity index (χ0n) is 7.53. The number of hydroxylamine groups is 1. The lowest BCUT2D eigenvalue weighted by Crippen LogP contribution is -2.31. The Morgan fingerprint density at radius 2 is 1.90 bits per heavy atom. The molecule has 62 valence electrons. The van der Waals surface area contributed by atoms with Crippen molar-refractivity contribution in [1.82, 2.24) is 5.48 Å². The fraction of sp³-hybridized carbons (Fsp3) is 1.00. The van der Waals surface area contributed by atoms with Crippen molar-refractivity contribution in [2.45, 2.75) is 46.1 Å². The van der Waals surface area contributed by atoms with Crippen LogP contribution in [0.1, 0.15) is 40.5 Å². The molecule has 0 aliphatic carbocycles. The van der Waals surface area contributed by atoms with Gasteiger partial charge in [0.2, 0.25) is 0 Å². The molecular weight excluding hydrogens is 126 g/mol. The van der Waals surface area contributed by atoms with Gasteiger partial charge in [-0.05, 0) is 26.7 Å². The Kier molecular flexibility index (Phi) is 4.65. The second-order valence-corrected chi connectivity index (χ2v) is 3.11. The fourth-order valence-corrected chi connectivity index (χ4v) is 0.421. The average Bonchev–Trinajstić information content (AvgIpc) is 1.89. The van der Waals surface area contributed by atoms with Crippen molar-refractivity contribution in [3.63, 3.8) is 0 Å². The summed E-state index contributed by atoms with van der Waals surface area (Å²) < 4.78 is 0. The van der Waals surface area contributed by atoms with E-state index in [1.165, 1.54) is 0 Å². The van der Waals surface area contributed by atoms with Crippen LogP contribution < -0.4 is 5.48 Å². The van der Waals surface area contributed by atoms with Crippen molar-refractivity contribution in [1.29, 1.82) is 0 Å². The second kappa shape index (κ2) is 4.69. The Morgan fingerprint density at radius 1 is 1.30 bits per heavy atom. The molecule has 0 unspecified atom stereocenters. The van der Waals surface area contributed by atoms with Crippen LogP contribution in [0.5, 0.6) is 0 Å². The molecule has 0 saturated carbocycles. The fourth-order valence-electron chi connectivity index (χ4n) is 0.421. The maximum Gasteiger partial charge on any atom is 0.0838 e. The maximum atomic E-state index is 5.37. The first-order valence-electron chi connectivity index (χ1n) is 4.03. The van der Waals surface area contributed by atoms with E-state index in [4.69, 9.17) is 4.84 Å². The molecule has 2 heteroatoms. The van der Waals surface area contributed by atoms with Crippen LogP contribution in [0.3, 0.4) is 0 Å². The lowest BCUT2D eigenvalue weighted by molar-refractivity contribution is -0.0856.